The summed E-state index contributed by atoms with van der Waals surface area (Å²) in [6.07, 6.45) is 4.47. The summed E-state index contributed by atoms with van der Waals surface area (Å²) in [6.45, 7) is 8.83. The van der Waals surface area contributed by atoms with Gasteiger partial charge in [0.15, 0.2) is 0 Å². The molecule has 16 heavy (non-hydrogen) atoms. The lowest BCUT2D eigenvalue weighted by Gasteiger charge is -2.26. The van der Waals surface area contributed by atoms with Crippen LogP contribution in [0.5, 0.6) is 0 Å². The number of amidine groups is 1. The number of nitrogens with two attached hydrogens (primary N) is 1. The molecule has 0 heterocycles. The van der Waals surface area contributed by atoms with E-state index >= 15 is 0 Å². The second kappa shape index (κ2) is 5.53. The maximum absolute atomic E-state index is 8.51. The van der Waals surface area contributed by atoms with Crippen LogP contribution in [0.2, 0.25) is 0 Å². The van der Waals surface area contributed by atoms with Crippen molar-refractivity contribution in [2.24, 2.45) is 16.3 Å². The van der Waals surface area contributed by atoms with E-state index in [1.54, 1.807) is 0 Å². The maximum Gasteiger partial charge on any atom is 0.140 e. The van der Waals surface area contributed by atoms with E-state index in [4.69, 9.17) is 10.9 Å². The second-order valence-corrected chi connectivity index (χ2v) is 5.92. The monoisotopic (exact) mass is 227 g/mol. The predicted octanol–water partition coefficient (Wildman–Crippen LogP) is 2.02. The van der Waals surface area contributed by atoms with Crippen LogP contribution in [0.15, 0.2) is 5.16 Å². The molecule has 0 amide bonds. The Bertz CT molecular complexity index is 241. The van der Waals surface area contributed by atoms with Crippen molar-refractivity contribution in [2.45, 2.75) is 52.5 Å². The molecule has 1 aliphatic carbocycles. The van der Waals surface area contributed by atoms with Gasteiger partial charge in [-0.05, 0) is 31.2 Å². The SMILES string of the molecule is CC(C)(C)CCN(CCC(N)=NO)C1CC1. The Morgan fingerprint density at radius 3 is 2.44 bits per heavy atom. The molecule has 0 atom stereocenters. The van der Waals surface area contributed by atoms with Gasteiger partial charge in [-0.3, -0.25) is 4.90 Å². The Morgan fingerprint density at radius 2 is 2.00 bits per heavy atom. The average Bonchev–Trinajstić information content (AvgIpc) is 2.99. The smallest absolute Gasteiger partial charge is 0.140 e. The quantitative estimate of drug-likeness (QED) is 0.316. The van der Waals surface area contributed by atoms with E-state index in [0.29, 0.717) is 17.7 Å². The molecule has 0 spiro atoms. The molecule has 0 aromatic rings. The summed E-state index contributed by atoms with van der Waals surface area (Å²) < 4.78 is 0. The highest BCUT2D eigenvalue weighted by Crippen LogP contribution is 2.29. The summed E-state index contributed by atoms with van der Waals surface area (Å²) >= 11 is 0. The standard InChI is InChI=1S/C12H25N3O/c1-12(2,3)7-9-15(10-4-5-10)8-6-11(13)14-16/h10,16H,4-9H2,1-3H3,(H2,13,14). The third-order valence-electron chi connectivity index (χ3n) is 3.00. The van der Waals surface area contributed by atoms with Gasteiger partial charge in [0.05, 0.1) is 0 Å². The number of rotatable bonds is 6. The number of nitrogens with zero attached hydrogens (tertiary/aromatic N) is 2. The van der Waals surface area contributed by atoms with Gasteiger partial charge >= 0.3 is 0 Å². The average molecular weight is 227 g/mol. The van der Waals surface area contributed by atoms with Crippen molar-refractivity contribution in [3.8, 4) is 0 Å². The van der Waals surface area contributed by atoms with Gasteiger partial charge in [-0.15, -0.1) is 0 Å². The molecule has 4 nitrogen and oxygen atoms in total. The fraction of sp³-hybridized carbons (Fsp3) is 0.917. The zero-order valence-corrected chi connectivity index (χ0v) is 10.7. The molecule has 3 N–H and O–H groups in total. The fourth-order valence-corrected chi connectivity index (χ4v) is 1.70. The first-order valence-electron chi connectivity index (χ1n) is 6.13. The van der Waals surface area contributed by atoms with Crippen molar-refractivity contribution in [3.05, 3.63) is 0 Å². The van der Waals surface area contributed by atoms with Crippen LogP contribution < -0.4 is 5.73 Å². The largest absolute Gasteiger partial charge is 0.409 e. The van der Waals surface area contributed by atoms with Gasteiger partial charge in [0.1, 0.15) is 5.84 Å². The number of hydrogen-bond donors (Lipinski definition) is 2. The van der Waals surface area contributed by atoms with Crippen molar-refractivity contribution in [1.29, 1.82) is 0 Å². The van der Waals surface area contributed by atoms with Crippen LogP contribution in [0.3, 0.4) is 0 Å². The first kappa shape index (κ1) is 13.3. The lowest BCUT2D eigenvalue weighted by Crippen LogP contribution is -2.32. The van der Waals surface area contributed by atoms with E-state index < -0.39 is 0 Å². The van der Waals surface area contributed by atoms with Crippen LogP contribution in [-0.4, -0.2) is 35.1 Å². The third kappa shape index (κ3) is 5.35. The molecule has 0 bridgehead atoms. The minimum atomic E-state index is 0.335. The molecular formula is C12H25N3O. The number of oxime groups is 1. The number of hydrogen-bond acceptors (Lipinski definition) is 3. The van der Waals surface area contributed by atoms with Gasteiger partial charge < -0.3 is 10.9 Å². The molecule has 0 aromatic carbocycles. The zero-order chi connectivity index (χ0) is 12.2. The summed E-state index contributed by atoms with van der Waals surface area (Å²) in [4.78, 5) is 2.48. The highest BCUT2D eigenvalue weighted by molar-refractivity contribution is 5.79. The lowest BCUT2D eigenvalue weighted by atomic mass is 9.92. The molecule has 94 valence electrons. The molecule has 0 unspecified atom stereocenters. The lowest BCUT2D eigenvalue weighted by molar-refractivity contribution is 0.223. The van der Waals surface area contributed by atoms with E-state index in [1.165, 1.54) is 19.3 Å². The van der Waals surface area contributed by atoms with Crippen molar-refractivity contribution in [1.82, 2.24) is 4.90 Å². The molecule has 0 radical (unpaired) electrons. The van der Waals surface area contributed by atoms with E-state index in [0.717, 1.165) is 19.1 Å². The van der Waals surface area contributed by atoms with Crippen LogP contribution in [0.4, 0.5) is 0 Å². The first-order valence-corrected chi connectivity index (χ1v) is 6.13. The Hall–Kier alpha value is -0.770. The van der Waals surface area contributed by atoms with Gasteiger partial charge in [0, 0.05) is 19.0 Å². The van der Waals surface area contributed by atoms with Gasteiger partial charge in [-0.2, -0.15) is 0 Å². The van der Waals surface area contributed by atoms with Crippen LogP contribution >= 0.6 is 0 Å². The van der Waals surface area contributed by atoms with Crippen molar-refractivity contribution in [2.75, 3.05) is 13.1 Å². The van der Waals surface area contributed by atoms with E-state index in [-0.39, 0.29) is 0 Å². The van der Waals surface area contributed by atoms with Crippen LogP contribution in [-0.2, 0) is 0 Å². The molecular weight excluding hydrogens is 202 g/mol. The molecule has 1 aliphatic rings. The van der Waals surface area contributed by atoms with Crippen molar-refractivity contribution < 1.29 is 5.21 Å². The summed E-state index contributed by atoms with van der Waals surface area (Å²) in [5, 5.41) is 11.5. The van der Waals surface area contributed by atoms with E-state index in [1.807, 2.05) is 0 Å². The van der Waals surface area contributed by atoms with E-state index in [2.05, 4.69) is 30.8 Å². The van der Waals surface area contributed by atoms with Crippen molar-refractivity contribution in [3.63, 3.8) is 0 Å². The Morgan fingerprint density at radius 1 is 1.38 bits per heavy atom. The molecule has 1 rings (SSSR count). The molecule has 0 aromatic heterocycles. The summed E-state index contributed by atoms with van der Waals surface area (Å²) in [6, 6.07) is 0.744. The van der Waals surface area contributed by atoms with E-state index in [9.17, 15) is 0 Å². The Balaban J connectivity index is 2.31. The highest BCUT2D eigenvalue weighted by atomic mass is 16.4. The van der Waals surface area contributed by atoms with Gasteiger partial charge in [0.25, 0.3) is 0 Å². The molecule has 4 heteroatoms. The predicted molar refractivity (Wildman–Crippen MR) is 66.7 cm³/mol. The molecule has 1 saturated carbocycles. The highest BCUT2D eigenvalue weighted by Gasteiger charge is 2.29. The van der Waals surface area contributed by atoms with Crippen LogP contribution in [0.25, 0.3) is 0 Å². The summed E-state index contributed by atoms with van der Waals surface area (Å²) in [5.41, 5.74) is 5.88. The Kier molecular flexibility index (Phi) is 4.59. The summed E-state index contributed by atoms with van der Waals surface area (Å²) in [7, 11) is 0. The minimum absolute atomic E-state index is 0.335. The third-order valence-corrected chi connectivity index (χ3v) is 3.00. The second-order valence-electron chi connectivity index (χ2n) is 5.92. The normalized spacial score (nSPS) is 18.1. The van der Waals surface area contributed by atoms with Crippen molar-refractivity contribution >= 4 is 5.84 Å². The van der Waals surface area contributed by atoms with Crippen LogP contribution in [0.1, 0.15) is 46.5 Å². The van der Waals surface area contributed by atoms with Gasteiger partial charge in [0.2, 0.25) is 0 Å². The first-order chi connectivity index (χ1) is 7.42. The fourth-order valence-electron chi connectivity index (χ4n) is 1.70. The topological polar surface area (TPSA) is 61.8 Å². The van der Waals surface area contributed by atoms with Gasteiger partial charge in [-0.1, -0.05) is 25.9 Å². The van der Waals surface area contributed by atoms with Crippen LogP contribution in [0, 0.1) is 5.41 Å². The Labute approximate surface area is 98.5 Å². The molecule has 0 aliphatic heterocycles. The minimum Gasteiger partial charge on any atom is -0.409 e. The zero-order valence-electron chi connectivity index (χ0n) is 10.7. The summed E-state index contributed by atoms with van der Waals surface area (Å²) in [5.74, 6) is 0.335. The molecule has 1 fully saturated rings. The molecule has 0 saturated heterocycles. The maximum atomic E-state index is 8.51. The van der Waals surface area contributed by atoms with Gasteiger partial charge in [-0.25, -0.2) is 0 Å².